The van der Waals surface area contributed by atoms with Gasteiger partial charge in [0.1, 0.15) is 5.82 Å². The third-order valence-electron chi connectivity index (χ3n) is 3.99. The second kappa shape index (κ2) is 7.36. The minimum Gasteiger partial charge on any atom is -0.481 e. The number of aliphatic carboxylic acids is 1. The second-order valence-electron chi connectivity index (χ2n) is 5.76. The Kier molecular flexibility index (Phi) is 5.51. The first-order chi connectivity index (χ1) is 10.1. The molecule has 2 rings (SSSR count). The second-order valence-corrected chi connectivity index (χ2v) is 5.76. The zero-order valence-electron chi connectivity index (χ0n) is 12.3. The lowest BCUT2D eigenvalue weighted by Gasteiger charge is -2.15. The van der Waals surface area contributed by atoms with Crippen LogP contribution in [0.25, 0.3) is 0 Å². The van der Waals surface area contributed by atoms with Crippen molar-refractivity contribution in [3.63, 3.8) is 0 Å². The van der Waals surface area contributed by atoms with Gasteiger partial charge >= 0.3 is 5.97 Å². The summed E-state index contributed by atoms with van der Waals surface area (Å²) in [5.74, 6) is -0.157. The number of carboxylic acids is 1. The molecule has 1 aliphatic rings. The van der Waals surface area contributed by atoms with Crippen LogP contribution in [0, 0.1) is 11.7 Å². The lowest BCUT2D eigenvalue weighted by atomic mass is 9.88. The van der Waals surface area contributed by atoms with Crippen molar-refractivity contribution in [3.8, 4) is 0 Å². The molecule has 1 heterocycles. The largest absolute Gasteiger partial charge is 0.481 e. The summed E-state index contributed by atoms with van der Waals surface area (Å²) >= 11 is 0. The molecule has 0 amide bonds. The van der Waals surface area contributed by atoms with E-state index in [2.05, 4.69) is 24.1 Å². The number of allylic oxidation sites excluding steroid dienone is 1. The summed E-state index contributed by atoms with van der Waals surface area (Å²) in [6.07, 6.45) is 5.97. The molecule has 0 saturated carbocycles. The number of benzene rings is 1. The molecule has 4 heteroatoms. The van der Waals surface area contributed by atoms with Crippen molar-refractivity contribution in [2.75, 3.05) is 20.1 Å². The van der Waals surface area contributed by atoms with E-state index in [4.69, 9.17) is 5.11 Å². The van der Waals surface area contributed by atoms with Crippen LogP contribution in [0.4, 0.5) is 4.39 Å². The lowest BCUT2D eigenvalue weighted by molar-refractivity contribution is -0.137. The maximum atomic E-state index is 13.0. The molecule has 1 aromatic rings. The molecular weight excluding hydrogens is 269 g/mol. The number of rotatable bonds is 6. The summed E-state index contributed by atoms with van der Waals surface area (Å²) in [5.41, 5.74) is 1.17. The molecule has 1 saturated heterocycles. The van der Waals surface area contributed by atoms with E-state index in [-0.39, 0.29) is 12.2 Å². The summed E-state index contributed by atoms with van der Waals surface area (Å²) in [6, 6.07) is 6.76. The summed E-state index contributed by atoms with van der Waals surface area (Å²) < 4.78 is 13.0. The molecule has 0 unspecified atom stereocenters. The van der Waals surface area contributed by atoms with Crippen molar-refractivity contribution in [2.45, 2.75) is 25.2 Å². The third kappa shape index (κ3) is 4.67. The van der Waals surface area contributed by atoms with Crippen molar-refractivity contribution in [1.82, 2.24) is 4.90 Å². The highest BCUT2D eigenvalue weighted by Crippen LogP contribution is 2.33. The van der Waals surface area contributed by atoms with Gasteiger partial charge in [0.25, 0.3) is 0 Å². The average Bonchev–Trinajstić information content (AvgIpc) is 2.80. The molecule has 1 aliphatic heterocycles. The first-order valence-electron chi connectivity index (χ1n) is 7.38. The number of likely N-dealkylation sites (N-methyl/N-ethyl adjacent to an activating group) is 1. The Bertz CT molecular complexity index is 498. The molecule has 3 nitrogen and oxygen atoms in total. The zero-order chi connectivity index (χ0) is 15.2. The van der Waals surface area contributed by atoms with Crippen molar-refractivity contribution in [2.24, 2.45) is 5.92 Å². The highest BCUT2D eigenvalue weighted by Gasteiger charge is 2.29. The van der Waals surface area contributed by atoms with E-state index in [9.17, 15) is 9.18 Å². The number of likely N-dealkylation sites (tertiary alicyclic amines) is 1. The van der Waals surface area contributed by atoms with E-state index < -0.39 is 5.97 Å². The fourth-order valence-corrected chi connectivity index (χ4v) is 2.93. The van der Waals surface area contributed by atoms with E-state index >= 15 is 0 Å². The number of halogens is 1. The standard InChI is InChI=1S/C17H22FNO2/c1-19-11-14(5-3-2-4-6-17(20)21)16(12-19)13-7-9-15(18)10-8-13/h3,5,7-10,14,16H,2,4,6,11-12H2,1H3,(H,20,21)/t14-,16+/m0/s1. The van der Waals surface area contributed by atoms with Gasteiger partial charge in [0.05, 0.1) is 0 Å². The van der Waals surface area contributed by atoms with Crippen LogP contribution in [0.5, 0.6) is 0 Å². The van der Waals surface area contributed by atoms with E-state index in [1.165, 1.54) is 17.7 Å². The topological polar surface area (TPSA) is 40.5 Å². The smallest absolute Gasteiger partial charge is 0.303 e. The number of unbranched alkanes of at least 4 members (excludes halogenated alkanes) is 1. The minimum absolute atomic E-state index is 0.203. The molecule has 0 radical (unpaired) electrons. The van der Waals surface area contributed by atoms with Crippen LogP contribution in [0.3, 0.4) is 0 Å². The average molecular weight is 291 g/mol. The van der Waals surface area contributed by atoms with Crippen LogP contribution in [-0.4, -0.2) is 36.1 Å². The van der Waals surface area contributed by atoms with E-state index in [1.807, 2.05) is 12.1 Å². The Labute approximate surface area is 125 Å². The maximum Gasteiger partial charge on any atom is 0.303 e. The quantitative estimate of drug-likeness (QED) is 0.646. The maximum absolute atomic E-state index is 13.0. The number of carboxylic acid groups (broad SMARTS) is 1. The summed E-state index contributed by atoms with van der Waals surface area (Å²) in [5, 5.41) is 8.61. The molecule has 1 N–H and O–H groups in total. The molecule has 0 aromatic heterocycles. The Hall–Kier alpha value is -1.68. The molecule has 1 fully saturated rings. The van der Waals surface area contributed by atoms with Gasteiger partial charge in [-0.2, -0.15) is 0 Å². The predicted molar refractivity (Wildman–Crippen MR) is 80.8 cm³/mol. The molecular formula is C17H22FNO2. The van der Waals surface area contributed by atoms with Gasteiger partial charge in [-0.25, -0.2) is 4.39 Å². The fourth-order valence-electron chi connectivity index (χ4n) is 2.93. The first-order valence-corrected chi connectivity index (χ1v) is 7.38. The van der Waals surface area contributed by atoms with Gasteiger partial charge in [0.2, 0.25) is 0 Å². The van der Waals surface area contributed by atoms with E-state index in [0.717, 1.165) is 19.5 Å². The third-order valence-corrected chi connectivity index (χ3v) is 3.99. The summed E-state index contributed by atoms with van der Waals surface area (Å²) in [6.45, 7) is 1.95. The van der Waals surface area contributed by atoms with Gasteiger partial charge in [-0.15, -0.1) is 0 Å². The van der Waals surface area contributed by atoms with Crippen LogP contribution < -0.4 is 0 Å². The summed E-state index contributed by atoms with van der Waals surface area (Å²) in [7, 11) is 2.09. The molecule has 21 heavy (non-hydrogen) atoms. The SMILES string of the molecule is CN1C[C@H](c2ccc(F)cc2)[C@@H](C=CCCCC(=O)O)C1. The number of nitrogens with zero attached hydrogens (tertiary/aromatic N) is 1. The highest BCUT2D eigenvalue weighted by molar-refractivity contribution is 5.66. The number of hydrogen-bond acceptors (Lipinski definition) is 2. The lowest BCUT2D eigenvalue weighted by Crippen LogP contribution is -2.13. The molecule has 2 atom stereocenters. The predicted octanol–water partition coefficient (Wildman–Crippen LogP) is 3.28. The molecule has 0 aliphatic carbocycles. The highest BCUT2D eigenvalue weighted by atomic mass is 19.1. The van der Waals surface area contributed by atoms with Crippen LogP contribution >= 0.6 is 0 Å². The van der Waals surface area contributed by atoms with Gasteiger partial charge in [0, 0.05) is 25.4 Å². The monoisotopic (exact) mass is 291 g/mol. The number of hydrogen-bond donors (Lipinski definition) is 1. The minimum atomic E-state index is -0.742. The molecule has 114 valence electrons. The Balaban J connectivity index is 1.95. The van der Waals surface area contributed by atoms with Crippen LogP contribution in [-0.2, 0) is 4.79 Å². The molecule has 1 aromatic carbocycles. The molecule has 0 spiro atoms. The van der Waals surface area contributed by atoms with Crippen molar-refractivity contribution >= 4 is 5.97 Å². The van der Waals surface area contributed by atoms with Gasteiger partial charge in [-0.1, -0.05) is 24.3 Å². The van der Waals surface area contributed by atoms with Crippen molar-refractivity contribution in [3.05, 3.63) is 47.8 Å². The Morgan fingerprint density at radius 2 is 2.10 bits per heavy atom. The molecule has 0 bridgehead atoms. The first kappa shape index (κ1) is 15.7. The van der Waals surface area contributed by atoms with Gasteiger partial charge < -0.3 is 10.0 Å². The number of carbonyl (C=O) groups is 1. The van der Waals surface area contributed by atoms with Crippen molar-refractivity contribution in [1.29, 1.82) is 0 Å². The van der Waals surface area contributed by atoms with Crippen LogP contribution in [0.15, 0.2) is 36.4 Å². The van der Waals surface area contributed by atoms with Crippen molar-refractivity contribution < 1.29 is 14.3 Å². The van der Waals surface area contributed by atoms with Gasteiger partial charge in [-0.05, 0) is 43.5 Å². The van der Waals surface area contributed by atoms with E-state index in [1.54, 1.807) is 0 Å². The Morgan fingerprint density at radius 1 is 1.38 bits per heavy atom. The van der Waals surface area contributed by atoms with Gasteiger partial charge in [-0.3, -0.25) is 4.79 Å². The van der Waals surface area contributed by atoms with Crippen LogP contribution in [0.2, 0.25) is 0 Å². The van der Waals surface area contributed by atoms with Crippen LogP contribution in [0.1, 0.15) is 30.7 Å². The summed E-state index contributed by atoms with van der Waals surface area (Å²) in [4.78, 5) is 12.7. The zero-order valence-corrected chi connectivity index (χ0v) is 12.3. The normalized spacial score (nSPS) is 23.0. The fraction of sp³-hybridized carbons (Fsp3) is 0.471. The van der Waals surface area contributed by atoms with Gasteiger partial charge in [0.15, 0.2) is 0 Å². The van der Waals surface area contributed by atoms with E-state index in [0.29, 0.717) is 18.3 Å². The Morgan fingerprint density at radius 3 is 2.76 bits per heavy atom.